The molecule has 2 aromatic carbocycles. The standard InChI is InChI=1S/C18H16BrNO2/c1-11(21)13-3-5-17-15(9-13)16-10-14(12(2)22)4-6-18(16)20(17)8-7-19/h3-6,9-10H,7-8H2,1-2H3. The van der Waals surface area contributed by atoms with Gasteiger partial charge in [-0.3, -0.25) is 9.59 Å². The first kappa shape index (κ1) is 15.0. The molecule has 0 unspecified atom stereocenters. The average molecular weight is 358 g/mol. The highest BCUT2D eigenvalue weighted by molar-refractivity contribution is 9.09. The van der Waals surface area contributed by atoms with Gasteiger partial charge in [-0.05, 0) is 50.2 Å². The van der Waals surface area contributed by atoms with Gasteiger partial charge in [0.2, 0.25) is 0 Å². The molecule has 0 amide bonds. The molecule has 1 heterocycles. The molecule has 0 saturated heterocycles. The van der Waals surface area contributed by atoms with Gasteiger partial charge in [-0.25, -0.2) is 0 Å². The van der Waals surface area contributed by atoms with Gasteiger partial charge in [0, 0.05) is 44.8 Å². The second kappa shape index (κ2) is 5.69. The lowest BCUT2D eigenvalue weighted by atomic mass is 10.0. The number of hydrogen-bond acceptors (Lipinski definition) is 2. The fourth-order valence-electron chi connectivity index (χ4n) is 2.87. The predicted molar refractivity (Wildman–Crippen MR) is 93.2 cm³/mol. The number of ketones is 2. The number of nitrogens with zero attached hydrogens (tertiary/aromatic N) is 1. The van der Waals surface area contributed by atoms with Crippen molar-refractivity contribution in [2.24, 2.45) is 0 Å². The van der Waals surface area contributed by atoms with E-state index in [0.29, 0.717) is 11.1 Å². The molecule has 0 bridgehead atoms. The number of benzene rings is 2. The van der Waals surface area contributed by atoms with Gasteiger partial charge >= 0.3 is 0 Å². The molecule has 0 atom stereocenters. The summed E-state index contributed by atoms with van der Waals surface area (Å²) in [6.07, 6.45) is 0. The zero-order valence-corrected chi connectivity index (χ0v) is 14.1. The Morgan fingerprint density at radius 3 is 1.73 bits per heavy atom. The van der Waals surface area contributed by atoms with Crippen molar-refractivity contribution in [1.82, 2.24) is 4.57 Å². The van der Waals surface area contributed by atoms with E-state index in [4.69, 9.17) is 0 Å². The second-order valence-electron chi connectivity index (χ2n) is 5.42. The highest BCUT2D eigenvalue weighted by Gasteiger charge is 2.13. The van der Waals surface area contributed by atoms with Crippen molar-refractivity contribution in [1.29, 1.82) is 0 Å². The highest BCUT2D eigenvalue weighted by Crippen LogP contribution is 2.31. The van der Waals surface area contributed by atoms with Crippen molar-refractivity contribution < 1.29 is 9.59 Å². The molecular formula is C18H16BrNO2. The van der Waals surface area contributed by atoms with E-state index in [2.05, 4.69) is 20.5 Å². The van der Waals surface area contributed by atoms with Crippen LogP contribution in [-0.4, -0.2) is 21.5 Å². The molecule has 0 fully saturated rings. The summed E-state index contributed by atoms with van der Waals surface area (Å²) in [5.41, 5.74) is 3.55. The summed E-state index contributed by atoms with van der Waals surface area (Å²) in [6.45, 7) is 3.97. The maximum Gasteiger partial charge on any atom is 0.159 e. The maximum atomic E-state index is 11.7. The Labute approximate surface area is 137 Å². The van der Waals surface area contributed by atoms with E-state index in [1.165, 1.54) is 0 Å². The van der Waals surface area contributed by atoms with Gasteiger partial charge in [-0.1, -0.05) is 15.9 Å². The van der Waals surface area contributed by atoms with Crippen molar-refractivity contribution in [3.63, 3.8) is 0 Å². The highest BCUT2D eigenvalue weighted by atomic mass is 79.9. The van der Waals surface area contributed by atoms with Crippen LogP contribution < -0.4 is 0 Å². The predicted octanol–water partition coefficient (Wildman–Crippen LogP) is 4.59. The number of alkyl halides is 1. The fraction of sp³-hybridized carbons (Fsp3) is 0.222. The number of carbonyl (C=O) groups excluding carboxylic acids is 2. The Morgan fingerprint density at radius 2 is 1.36 bits per heavy atom. The molecule has 0 aliphatic heterocycles. The molecule has 4 heteroatoms. The number of aromatic nitrogens is 1. The first-order valence-corrected chi connectivity index (χ1v) is 8.29. The van der Waals surface area contributed by atoms with E-state index in [0.717, 1.165) is 33.7 Å². The lowest BCUT2D eigenvalue weighted by Crippen LogP contribution is -1.99. The Bertz CT molecular complexity index is 837. The summed E-state index contributed by atoms with van der Waals surface area (Å²) in [5, 5.41) is 2.88. The van der Waals surface area contributed by atoms with Crippen LogP contribution in [0.25, 0.3) is 21.8 Å². The van der Waals surface area contributed by atoms with Crippen LogP contribution in [0, 0.1) is 0 Å². The zero-order valence-electron chi connectivity index (χ0n) is 12.5. The summed E-state index contributed by atoms with van der Waals surface area (Å²) < 4.78 is 2.22. The Kier molecular flexibility index (Phi) is 3.87. The maximum absolute atomic E-state index is 11.7. The molecule has 0 spiro atoms. The minimum atomic E-state index is 0.0472. The van der Waals surface area contributed by atoms with Crippen LogP contribution in [0.5, 0.6) is 0 Å². The summed E-state index contributed by atoms with van der Waals surface area (Å²) in [7, 11) is 0. The summed E-state index contributed by atoms with van der Waals surface area (Å²) >= 11 is 3.49. The number of aryl methyl sites for hydroxylation is 1. The van der Waals surface area contributed by atoms with Crippen LogP contribution in [0.3, 0.4) is 0 Å². The van der Waals surface area contributed by atoms with Crippen molar-refractivity contribution in [2.45, 2.75) is 20.4 Å². The van der Waals surface area contributed by atoms with Gasteiger partial charge in [-0.15, -0.1) is 0 Å². The summed E-state index contributed by atoms with van der Waals surface area (Å²) in [4.78, 5) is 23.3. The second-order valence-corrected chi connectivity index (χ2v) is 6.21. The molecule has 3 aromatic rings. The first-order chi connectivity index (χ1) is 10.5. The van der Waals surface area contributed by atoms with Crippen LogP contribution in [-0.2, 0) is 6.54 Å². The molecule has 112 valence electrons. The van der Waals surface area contributed by atoms with E-state index in [1.807, 2.05) is 36.4 Å². The van der Waals surface area contributed by atoms with Crippen molar-refractivity contribution >= 4 is 49.3 Å². The molecule has 0 radical (unpaired) electrons. The number of hydrogen-bond donors (Lipinski definition) is 0. The number of halogens is 1. The van der Waals surface area contributed by atoms with Crippen molar-refractivity contribution in [3.05, 3.63) is 47.5 Å². The first-order valence-electron chi connectivity index (χ1n) is 7.17. The number of rotatable bonds is 4. The van der Waals surface area contributed by atoms with Gasteiger partial charge in [0.1, 0.15) is 0 Å². The van der Waals surface area contributed by atoms with E-state index in [9.17, 15) is 9.59 Å². The van der Waals surface area contributed by atoms with E-state index in [1.54, 1.807) is 13.8 Å². The third-order valence-electron chi connectivity index (χ3n) is 3.99. The van der Waals surface area contributed by atoms with Gasteiger partial charge in [0.15, 0.2) is 11.6 Å². The third kappa shape index (κ3) is 2.37. The summed E-state index contributed by atoms with van der Waals surface area (Å²) in [5.74, 6) is 0.0945. The van der Waals surface area contributed by atoms with Gasteiger partial charge < -0.3 is 4.57 Å². The quantitative estimate of drug-likeness (QED) is 0.505. The smallest absolute Gasteiger partial charge is 0.159 e. The topological polar surface area (TPSA) is 39.1 Å². The molecular weight excluding hydrogens is 342 g/mol. The molecule has 1 aromatic heterocycles. The lowest BCUT2D eigenvalue weighted by molar-refractivity contribution is 0.100. The third-order valence-corrected chi connectivity index (χ3v) is 4.34. The lowest BCUT2D eigenvalue weighted by Gasteiger charge is -2.05. The Hall–Kier alpha value is -1.94. The van der Waals surface area contributed by atoms with E-state index >= 15 is 0 Å². The normalized spacial score (nSPS) is 11.2. The Morgan fingerprint density at radius 1 is 0.909 bits per heavy atom. The van der Waals surface area contributed by atoms with Crippen LogP contribution in [0.4, 0.5) is 0 Å². The average Bonchev–Trinajstić information content (AvgIpc) is 2.81. The zero-order chi connectivity index (χ0) is 15.9. The van der Waals surface area contributed by atoms with Crippen LogP contribution in [0.2, 0.25) is 0 Å². The molecule has 0 saturated carbocycles. The number of Topliss-reactive ketones (excluding diaryl/α,β-unsaturated/α-hetero) is 2. The van der Waals surface area contributed by atoms with Crippen molar-refractivity contribution in [2.75, 3.05) is 5.33 Å². The summed E-state index contributed by atoms with van der Waals surface area (Å²) in [6, 6.07) is 11.5. The van der Waals surface area contributed by atoms with Gasteiger partial charge in [-0.2, -0.15) is 0 Å². The number of carbonyl (C=O) groups is 2. The van der Waals surface area contributed by atoms with Gasteiger partial charge in [0.05, 0.1) is 0 Å². The van der Waals surface area contributed by atoms with Crippen LogP contribution in [0.15, 0.2) is 36.4 Å². The van der Waals surface area contributed by atoms with Crippen LogP contribution in [0.1, 0.15) is 34.6 Å². The fourth-order valence-corrected chi connectivity index (χ4v) is 3.22. The van der Waals surface area contributed by atoms with Crippen molar-refractivity contribution in [3.8, 4) is 0 Å². The minimum Gasteiger partial charge on any atom is -0.340 e. The monoisotopic (exact) mass is 357 g/mol. The molecule has 3 rings (SSSR count). The Balaban J connectivity index is 2.41. The SMILES string of the molecule is CC(=O)c1ccc2c(c1)c1cc(C(C)=O)ccc1n2CCBr. The number of fused-ring (bicyclic) bond motifs is 3. The van der Waals surface area contributed by atoms with E-state index < -0.39 is 0 Å². The van der Waals surface area contributed by atoms with Crippen LogP contribution >= 0.6 is 15.9 Å². The molecule has 22 heavy (non-hydrogen) atoms. The molecule has 0 aliphatic rings. The van der Waals surface area contributed by atoms with Gasteiger partial charge in [0.25, 0.3) is 0 Å². The molecule has 0 aliphatic carbocycles. The minimum absolute atomic E-state index is 0.0472. The van der Waals surface area contributed by atoms with E-state index in [-0.39, 0.29) is 11.6 Å². The largest absolute Gasteiger partial charge is 0.340 e. The molecule has 0 N–H and O–H groups in total. The molecule has 3 nitrogen and oxygen atoms in total.